The molecule has 5 N–H and O–H groups in total. The Morgan fingerprint density at radius 2 is 0.732 bits per heavy atom. The van der Waals surface area contributed by atoms with Gasteiger partial charge >= 0.3 is 30.1 Å². The molecule has 0 bridgehead atoms. The number of aliphatic hydroxyl groups is 4. The van der Waals surface area contributed by atoms with Crippen LogP contribution in [0, 0.1) is 127 Å². The predicted octanol–water partition coefficient (Wildman–Crippen LogP) is 26.3. The van der Waals surface area contributed by atoms with Crippen LogP contribution in [0.5, 0.6) is 0 Å². The number of nitrogens with zero attached hydrogens (tertiary/aromatic N) is 2. The number of carboxylic acids is 1. The number of carbonyl (C=O) groups excluding carboxylic acids is 4. The number of hydrogen-bond donors (Lipinski definition) is 5. The van der Waals surface area contributed by atoms with Crippen LogP contribution in [-0.2, 0) is 33.3 Å². The number of amides is 2. The van der Waals surface area contributed by atoms with E-state index in [1.165, 1.54) is 158 Å². The Balaban J connectivity index is 0.000000172. The smallest absolute Gasteiger partial charge is 0.411 e. The molecule has 2 saturated heterocycles. The number of carboxylic acid groups (broad SMARTS) is 1. The summed E-state index contributed by atoms with van der Waals surface area (Å²) in [5, 5.41) is 49.7. The van der Waals surface area contributed by atoms with Crippen molar-refractivity contribution in [3.63, 3.8) is 0 Å². The van der Waals surface area contributed by atoms with Crippen LogP contribution in [-0.4, -0.2) is 137 Å². The minimum atomic E-state index is -0.953. The van der Waals surface area contributed by atoms with Gasteiger partial charge in [0, 0.05) is 25.9 Å². The van der Waals surface area contributed by atoms with E-state index in [2.05, 4.69) is 80.5 Å². The fourth-order valence-corrected chi connectivity index (χ4v) is 31.5. The zero-order valence-electron chi connectivity index (χ0n) is 84.1. The van der Waals surface area contributed by atoms with Crippen molar-refractivity contribution in [1.82, 2.24) is 9.80 Å². The summed E-state index contributed by atoms with van der Waals surface area (Å²) in [6.07, 6.45) is 56.5. The number of aliphatic carboxylic acids is 1. The van der Waals surface area contributed by atoms with Crippen molar-refractivity contribution in [3.05, 3.63) is 34.9 Å². The van der Waals surface area contributed by atoms with E-state index in [-0.39, 0.29) is 54.0 Å². The van der Waals surface area contributed by atoms with E-state index in [9.17, 15) is 44.4 Å². The Hall–Kier alpha value is -3.70. The van der Waals surface area contributed by atoms with Crippen molar-refractivity contribution in [1.29, 1.82) is 0 Å². The second-order valence-electron chi connectivity index (χ2n) is 50.6. The highest BCUT2D eigenvalue weighted by atomic mass is 35.5. The molecule has 15 aliphatic rings. The number of piperidine rings is 2. The lowest BCUT2D eigenvalue weighted by Gasteiger charge is -2.58. The first-order chi connectivity index (χ1) is 58.9. The summed E-state index contributed by atoms with van der Waals surface area (Å²) in [6.45, 7) is 46.6. The third-order valence-electron chi connectivity index (χ3n) is 38.1. The molecule has 10 saturated carbocycles. The molecule has 0 radical (unpaired) electrons. The standard InChI is InChI=1S/C38H63NO5.C34H56O3.C27H46O2.C11H19NO4.ClH/c1-25(12-11-20-36(5,6)42)29-16-17-30-28-15-14-26-24-27(18-21-37(26,7)31(28)19-22-38(29,30)8)43-33(40)32-13-9-10-23-39(32)34(41)44-35(2,3)4;1-23(10-9-19-32(2,3)36)28-15-16-29-27-14-13-25-22-26(37-31(35)24-11-7-6-8-12-24)17-20-33(25,4)30(27)18-21-34(28,29)5;1-18(7-6-14-25(2,3)29)22-10-11-23-21-9-8-19-17-20(28)12-15-26(19,4)24(21)13-16-27(22,23)5;1-11(2,3)16-10(15)12-7-5-4-6-8(12)9(13)14;/h14,25,27-32,42H,9-13,15-24H2,1-8H3;13,23-24,26-30,36H,6-12,14-22H2,1-5H3;8,18,20-24,28-29H,6-7,9-17H2,1-5H3;8H,4-7H2,1-3H3,(H,13,14);1H/t25-,27+,28+,29-,30+,31+,32+,37+,38-;23-,26+,27+,28-,29+,30+,33+,34-;18-,20+,21+,22-,23+,24+,26+,27-;8-;/m1110./s1. The van der Waals surface area contributed by atoms with Gasteiger partial charge in [-0.15, -0.1) is 12.4 Å². The normalized spacial score (nSPS) is 38.4. The van der Waals surface area contributed by atoms with Gasteiger partial charge in [0.2, 0.25) is 0 Å². The summed E-state index contributed by atoms with van der Waals surface area (Å²) in [4.78, 5) is 64.9. The van der Waals surface area contributed by atoms with E-state index >= 15 is 0 Å². The Labute approximate surface area is 777 Å². The first-order valence-corrected chi connectivity index (χ1v) is 52.5. The topological polar surface area (TPSA) is 230 Å². The molecule has 127 heavy (non-hydrogen) atoms. The van der Waals surface area contributed by atoms with Crippen LogP contribution in [0.25, 0.3) is 0 Å². The average molecular weight is 1800 g/mol. The number of fused-ring (bicyclic) bond motifs is 15. The molecule has 26 atom stereocenters. The third kappa shape index (κ3) is 24.0. The lowest BCUT2D eigenvalue weighted by Crippen LogP contribution is -2.52. The van der Waals surface area contributed by atoms with Gasteiger partial charge in [-0.25, -0.2) is 19.2 Å². The van der Waals surface area contributed by atoms with Crippen LogP contribution in [0.1, 0.15) is 428 Å². The fraction of sp³-hybridized carbons (Fsp3) is 0.900. The number of allylic oxidation sites excluding steroid dienone is 3. The summed E-state index contributed by atoms with van der Waals surface area (Å²) in [6, 6.07) is -1.27. The van der Waals surface area contributed by atoms with E-state index in [1.807, 2.05) is 62.3 Å². The first-order valence-electron chi connectivity index (χ1n) is 52.5. The second kappa shape index (κ2) is 41.5. The Morgan fingerprint density at radius 3 is 1.09 bits per heavy atom. The molecular weight excluding hydrogens is 1610 g/mol. The summed E-state index contributed by atoms with van der Waals surface area (Å²) in [5.74, 6) is 11.2. The zero-order chi connectivity index (χ0) is 91.9. The molecule has 2 amide bonds. The molecule has 0 unspecified atom stereocenters. The van der Waals surface area contributed by atoms with E-state index in [0.717, 1.165) is 211 Å². The number of halogens is 1. The highest BCUT2D eigenvalue weighted by Gasteiger charge is 2.64. The van der Waals surface area contributed by atoms with Crippen molar-refractivity contribution in [2.24, 2.45) is 127 Å². The van der Waals surface area contributed by atoms with Crippen molar-refractivity contribution in [2.75, 3.05) is 13.1 Å². The maximum atomic E-state index is 13.5. The third-order valence-corrected chi connectivity index (χ3v) is 38.1. The summed E-state index contributed by atoms with van der Waals surface area (Å²) < 4.78 is 23.2. The molecule has 2 heterocycles. The van der Waals surface area contributed by atoms with Crippen molar-refractivity contribution >= 4 is 42.5 Å². The Bertz CT molecular complexity index is 3770. The lowest BCUT2D eigenvalue weighted by atomic mass is 9.47. The van der Waals surface area contributed by atoms with Crippen LogP contribution in [0.2, 0.25) is 0 Å². The van der Waals surface area contributed by atoms with Crippen LogP contribution >= 0.6 is 12.4 Å². The van der Waals surface area contributed by atoms with Crippen molar-refractivity contribution in [2.45, 2.75) is 486 Å². The van der Waals surface area contributed by atoms with Crippen molar-refractivity contribution < 1.29 is 68.5 Å². The highest BCUT2D eigenvalue weighted by molar-refractivity contribution is 5.85. The first kappa shape index (κ1) is 104. The number of carbonyl (C=O) groups is 5. The molecule has 0 aromatic rings. The van der Waals surface area contributed by atoms with Crippen LogP contribution < -0.4 is 0 Å². The average Bonchev–Trinajstić information content (AvgIpc) is 1.61. The van der Waals surface area contributed by atoms with Gasteiger partial charge in [-0.05, 0) is 416 Å². The molecule has 15 rings (SSSR count). The summed E-state index contributed by atoms with van der Waals surface area (Å²) >= 11 is 0. The number of rotatable bonds is 20. The number of hydrogen-bond acceptors (Lipinski definition) is 13. The van der Waals surface area contributed by atoms with Gasteiger partial charge < -0.3 is 44.5 Å². The number of aliphatic hydroxyl groups excluding tert-OH is 1. The van der Waals surface area contributed by atoms with Gasteiger partial charge in [-0.3, -0.25) is 14.6 Å². The van der Waals surface area contributed by atoms with Gasteiger partial charge in [-0.2, -0.15) is 0 Å². The predicted molar refractivity (Wildman–Crippen MR) is 512 cm³/mol. The SMILES string of the molecule is CC(C)(C)OC(=O)N1CCCC[C@H]1C(=O)O.C[C@H](CCCC(C)(C)O)[C@H]1CC[C@H]2[C@@H]3CC=C4C[C@@H](O)CC[C@]4(C)[C@H]3CC[C@]12C.C[C@H](CCCC(C)(C)O)[C@H]1CC[C@H]2[C@@H]3CC=C4C[C@@H](OC(=O)C5CCCCC5)CC[C@]4(C)[C@H]3CC[C@]12C.C[C@H](CCCC(C)(C)O)[C@H]1CC[C@H]2[C@@H]3CC=C4C[C@@H](OC(=O)[C@@H]5CCCCN5C(=O)OC(C)(C)C)CC[C@]4(C)[C@H]3CC[C@]12C.Cl. The van der Waals surface area contributed by atoms with Gasteiger partial charge in [0.25, 0.3) is 0 Å². The van der Waals surface area contributed by atoms with Crippen molar-refractivity contribution in [3.8, 4) is 0 Å². The molecule has 0 aromatic carbocycles. The van der Waals surface area contributed by atoms with Gasteiger partial charge in [0.1, 0.15) is 35.5 Å². The highest BCUT2D eigenvalue weighted by Crippen LogP contribution is 2.72. The van der Waals surface area contributed by atoms with Crippen LogP contribution in [0.15, 0.2) is 34.9 Å². The number of ether oxygens (including phenoxy) is 4. The number of esters is 2. The Kier molecular flexibility index (Phi) is 33.9. The Morgan fingerprint density at radius 1 is 0.402 bits per heavy atom. The minimum Gasteiger partial charge on any atom is -0.480 e. The number of likely N-dealkylation sites (tertiary alicyclic amines) is 2. The second-order valence-corrected chi connectivity index (χ2v) is 50.6. The minimum absolute atomic E-state index is 0. The maximum Gasteiger partial charge on any atom is 0.411 e. The van der Waals surface area contributed by atoms with E-state index in [0.29, 0.717) is 53.0 Å². The van der Waals surface area contributed by atoms with Crippen LogP contribution in [0.4, 0.5) is 9.59 Å². The fourth-order valence-electron chi connectivity index (χ4n) is 31.5. The quantitative estimate of drug-likeness (QED) is 0.0434. The van der Waals surface area contributed by atoms with E-state index in [1.54, 1.807) is 36.8 Å². The zero-order valence-corrected chi connectivity index (χ0v) is 84.9. The van der Waals surface area contributed by atoms with Gasteiger partial charge in [0.15, 0.2) is 0 Å². The molecule has 0 spiro atoms. The van der Waals surface area contributed by atoms with E-state index in [4.69, 9.17) is 24.1 Å². The van der Waals surface area contributed by atoms with E-state index < -0.39 is 58.2 Å². The molecule has 726 valence electrons. The molecule has 16 nitrogen and oxygen atoms in total. The molecule has 0 aromatic heterocycles. The van der Waals surface area contributed by atoms with Crippen LogP contribution in [0.3, 0.4) is 0 Å². The maximum absolute atomic E-state index is 13.5. The van der Waals surface area contributed by atoms with Gasteiger partial charge in [-0.1, -0.05) is 155 Å². The van der Waals surface area contributed by atoms with Gasteiger partial charge in [0.05, 0.1) is 28.8 Å². The largest absolute Gasteiger partial charge is 0.480 e. The monoisotopic (exact) mass is 1790 g/mol. The molecule has 13 aliphatic carbocycles. The molecule has 2 aliphatic heterocycles. The molecular formula is C110H185ClN2O14. The lowest BCUT2D eigenvalue weighted by molar-refractivity contribution is -0.159. The molecule has 17 heteroatoms. The molecule has 12 fully saturated rings. The summed E-state index contributed by atoms with van der Waals surface area (Å²) in [5.41, 5.74) is 4.28. The summed E-state index contributed by atoms with van der Waals surface area (Å²) in [7, 11) is 0.